The van der Waals surface area contributed by atoms with Gasteiger partial charge in [-0.15, -0.1) is 12.4 Å². The molecule has 2 aliphatic rings. The minimum atomic E-state index is -1.09. The molecule has 80 heavy (non-hydrogen) atoms. The molecule has 0 amide bonds. The van der Waals surface area contributed by atoms with Gasteiger partial charge in [-0.3, -0.25) is 0 Å². The molecular formula is C60H60Cl4N12O4. The predicted octanol–water partition coefficient (Wildman–Crippen LogP) is 13.2. The van der Waals surface area contributed by atoms with Crippen molar-refractivity contribution < 1.29 is 19.8 Å². The van der Waals surface area contributed by atoms with Gasteiger partial charge in [0.05, 0.1) is 55.2 Å². The van der Waals surface area contributed by atoms with Gasteiger partial charge in [-0.1, -0.05) is 99.4 Å². The molecule has 0 radical (unpaired) electrons. The Kier molecular flexibility index (Phi) is 17.4. The summed E-state index contributed by atoms with van der Waals surface area (Å²) in [7, 11) is 0. The standard InChI is InChI=1S/C30H29ClN6O2.C24H25ClN4.C6H5ClN2O2.ClH/c1-4-18-7-6-8-19(5-2)27(18)37-28(21-9-10-23(31)26-20(21)11-13-32-26)22-16-36(14-12-24(22)35-37)30-33-15-17(3)25(34-30)29(38)39;1-3-15-6-5-7-16(4-2)23(15)29-24(19-14-26-12-11-21(19)28-29)18-8-9-20(25)22-17(18)10-13-27-22;1-3-2-8-6(7)9-4(3)5(10)11;/h6-11,13,15,32H,4-5,12,14,16H2,1-3H3,(H,38,39);5-10,13,26-27H,3-4,11-12,14H2,1-2H3;2H,1H3,(H,10,11);1H. The lowest BCUT2D eigenvalue weighted by Gasteiger charge is -2.27. The minimum Gasteiger partial charge on any atom is -0.476 e. The second-order valence-electron chi connectivity index (χ2n) is 19.4. The predicted molar refractivity (Wildman–Crippen MR) is 319 cm³/mol. The maximum atomic E-state index is 11.8. The molecule has 0 saturated heterocycles. The zero-order chi connectivity index (χ0) is 55.6. The quantitative estimate of drug-likeness (QED) is 0.0767. The lowest BCUT2D eigenvalue weighted by atomic mass is 9.97. The highest BCUT2D eigenvalue weighted by atomic mass is 35.5. The van der Waals surface area contributed by atoms with E-state index in [-0.39, 0.29) is 29.1 Å². The van der Waals surface area contributed by atoms with Crippen molar-refractivity contribution in [2.45, 2.75) is 93.2 Å². The Morgan fingerprint density at radius 1 is 0.613 bits per heavy atom. The van der Waals surface area contributed by atoms with E-state index in [4.69, 9.17) is 50.1 Å². The van der Waals surface area contributed by atoms with Crippen LogP contribution in [0.4, 0.5) is 5.95 Å². The van der Waals surface area contributed by atoms with Crippen LogP contribution in [0, 0.1) is 13.8 Å². The van der Waals surface area contributed by atoms with Gasteiger partial charge >= 0.3 is 11.9 Å². The zero-order valence-corrected chi connectivity index (χ0v) is 48.2. The molecule has 0 atom stereocenters. The van der Waals surface area contributed by atoms with E-state index in [0.29, 0.717) is 41.6 Å². The number of para-hydroxylation sites is 2. The Labute approximate surface area is 484 Å². The van der Waals surface area contributed by atoms with Crippen molar-refractivity contribution in [2.24, 2.45) is 0 Å². The van der Waals surface area contributed by atoms with Crippen molar-refractivity contribution in [2.75, 3.05) is 18.0 Å². The van der Waals surface area contributed by atoms with Gasteiger partial charge in [-0.25, -0.2) is 38.9 Å². The van der Waals surface area contributed by atoms with Gasteiger partial charge in [0.15, 0.2) is 11.4 Å². The van der Waals surface area contributed by atoms with Crippen LogP contribution in [0.1, 0.15) is 105 Å². The van der Waals surface area contributed by atoms with E-state index in [9.17, 15) is 14.7 Å². The number of carboxylic acids is 2. The maximum Gasteiger partial charge on any atom is 0.354 e. The molecule has 0 saturated carbocycles. The van der Waals surface area contributed by atoms with Crippen LogP contribution >= 0.6 is 47.2 Å². The van der Waals surface area contributed by atoms with Crippen LogP contribution in [-0.4, -0.2) is 84.7 Å². The Hall–Kier alpha value is -7.60. The van der Waals surface area contributed by atoms with E-state index in [1.807, 2.05) is 29.4 Å². The van der Waals surface area contributed by atoms with Crippen LogP contribution in [0.25, 0.3) is 55.7 Å². The number of aromatic nitrogens is 10. The fourth-order valence-corrected chi connectivity index (χ4v) is 11.4. The molecule has 8 heterocycles. The summed E-state index contributed by atoms with van der Waals surface area (Å²) in [6.45, 7) is 15.1. The lowest BCUT2D eigenvalue weighted by molar-refractivity contribution is 0.0678. The number of aromatic carboxylic acids is 2. The fourth-order valence-electron chi connectivity index (χ4n) is 10.8. The Balaban J connectivity index is 0.000000165. The molecular weight excluding hydrogens is 1090 g/mol. The van der Waals surface area contributed by atoms with Crippen molar-refractivity contribution in [3.8, 4) is 33.9 Å². The lowest BCUT2D eigenvalue weighted by Crippen LogP contribution is -2.32. The van der Waals surface area contributed by atoms with Crippen molar-refractivity contribution in [1.29, 1.82) is 0 Å². The number of benzene rings is 4. The van der Waals surface area contributed by atoms with Crippen LogP contribution in [0.5, 0.6) is 0 Å². The van der Waals surface area contributed by atoms with E-state index in [2.05, 4.69) is 133 Å². The molecule has 20 heteroatoms. The monoisotopic (exact) mass is 1150 g/mol. The summed E-state index contributed by atoms with van der Waals surface area (Å²) >= 11 is 18.4. The average molecular weight is 1160 g/mol. The van der Waals surface area contributed by atoms with E-state index >= 15 is 0 Å². The first kappa shape index (κ1) is 57.1. The molecule has 0 fully saturated rings. The average Bonchev–Trinajstić information content (AvgIpc) is 4.32. The molecule has 0 bridgehead atoms. The Morgan fingerprint density at radius 3 is 1.57 bits per heavy atom. The molecule has 12 rings (SSSR count). The molecule has 5 N–H and O–H groups in total. The summed E-state index contributed by atoms with van der Waals surface area (Å²) in [4.78, 5) is 46.9. The number of carbonyl (C=O) groups is 2. The first-order chi connectivity index (χ1) is 38.2. The third-order valence-electron chi connectivity index (χ3n) is 14.7. The second-order valence-corrected chi connectivity index (χ2v) is 20.6. The van der Waals surface area contributed by atoms with Crippen LogP contribution in [0.15, 0.2) is 97.6 Å². The number of fused-ring (bicyclic) bond motifs is 4. The summed E-state index contributed by atoms with van der Waals surface area (Å²) in [5.74, 6) is -1.73. The summed E-state index contributed by atoms with van der Waals surface area (Å²) in [6.07, 6.45) is 12.2. The molecule has 0 unspecified atom stereocenters. The number of hydrogen-bond acceptors (Lipinski definition) is 10. The first-order valence-electron chi connectivity index (χ1n) is 26.5. The van der Waals surface area contributed by atoms with Crippen molar-refractivity contribution in [3.05, 3.63) is 180 Å². The number of H-pyrrole nitrogens is 2. The topological polar surface area (TPSA) is 209 Å². The summed E-state index contributed by atoms with van der Waals surface area (Å²) in [5, 5.41) is 35.6. The number of nitrogens with one attached hydrogen (secondary N) is 3. The number of aromatic amines is 2. The van der Waals surface area contributed by atoms with E-state index < -0.39 is 11.9 Å². The number of hydrogen-bond donors (Lipinski definition) is 5. The molecule has 4 aromatic carbocycles. The highest BCUT2D eigenvalue weighted by Crippen LogP contribution is 2.42. The number of nitrogens with zero attached hydrogens (tertiary/aromatic N) is 9. The van der Waals surface area contributed by atoms with Gasteiger partial charge in [0, 0.05) is 108 Å². The summed E-state index contributed by atoms with van der Waals surface area (Å²) in [6, 6.07) is 25.4. The normalized spacial score (nSPS) is 12.7. The zero-order valence-electron chi connectivity index (χ0n) is 45.1. The number of carboxylic acid groups (broad SMARTS) is 2. The molecule has 2 aliphatic heterocycles. The maximum absolute atomic E-state index is 11.8. The largest absolute Gasteiger partial charge is 0.476 e. The van der Waals surface area contributed by atoms with Gasteiger partial charge in [0.25, 0.3) is 0 Å². The van der Waals surface area contributed by atoms with Crippen LogP contribution in [0.3, 0.4) is 0 Å². The number of halogens is 4. The second kappa shape index (κ2) is 24.4. The highest BCUT2D eigenvalue weighted by molar-refractivity contribution is 6.36. The van der Waals surface area contributed by atoms with Crippen LogP contribution in [0.2, 0.25) is 15.3 Å². The molecule has 0 spiro atoms. The molecule has 10 aromatic rings. The fraction of sp³-hybridized carbons (Fsp3) is 0.267. The van der Waals surface area contributed by atoms with E-state index in [1.54, 1.807) is 20.0 Å². The third-order valence-corrected chi connectivity index (χ3v) is 15.6. The van der Waals surface area contributed by atoms with Crippen molar-refractivity contribution in [1.82, 2.24) is 54.8 Å². The number of anilines is 1. The number of rotatable bonds is 11. The highest BCUT2D eigenvalue weighted by Gasteiger charge is 2.31. The molecule has 16 nitrogen and oxygen atoms in total. The first-order valence-corrected chi connectivity index (χ1v) is 27.6. The van der Waals surface area contributed by atoms with Gasteiger partial charge < -0.3 is 30.4 Å². The molecule has 6 aromatic heterocycles. The van der Waals surface area contributed by atoms with Crippen LogP contribution in [-0.2, 0) is 51.6 Å². The van der Waals surface area contributed by atoms with Gasteiger partial charge in [0.2, 0.25) is 11.2 Å². The van der Waals surface area contributed by atoms with Gasteiger partial charge in [-0.05, 0) is 97.7 Å². The SMILES string of the molecule is CCc1cccc(CC)c1-n1nc2c(c1-c1ccc(Cl)c3[nH]ccc13)CN(c1ncc(C)c(C(=O)O)n1)CC2.CCc1cccc(CC)c1-n1nc2c(c1-c1ccc(Cl)c3[nH]ccc13)CNCC2.Cc1cnc(Cl)nc1C(=O)O.Cl. The van der Waals surface area contributed by atoms with Gasteiger partial charge in [0.1, 0.15) is 0 Å². The van der Waals surface area contributed by atoms with E-state index in [0.717, 1.165) is 100 Å². The third kappa shape index (κ3) is 10.9. The number of aryl methyl sites for hydroxylation is 6. The minimum absolute atomic E-state index is 0. The van der Waals surface area contributed by atoms with E-state index in [1.165, 1.54) is 56.7 Å². The Bertz CT molecular complexity index is 3910. The van der Waals surface area contributed by atoms with Crippen molar-refractivity contribution in [3.63, 3.8) is 0 Å². The Morgan fingerprint density at radius 2 is 1.09 bits per heavy atom. The molecule has 0 aliphatic carbocycles. The molecule has 412 valence electrons. The van der Waals surface area contributed by atoms with Gasteiger partial charge in [-0.2, -0.15) is 10.2 Å². The smallest absolute Gasteiger partial charge is 0.354 e. The van der Waals surface area contributed by atoms with Crippen molar-refractivity contribution >= 4 is 86.9 Å². The summed E-state index contributed by atoms with van der Waals surface area (Å²) < 4.78 is 4.34. The van der Waals surface area contributed by atoms with Crippen LogP contribution < -0.4 is 10.2 Å². The summed E-state index contributed by atoms with van der Waals surface area (Å²) in [5.41, 5.74) is 19.4.